The number of sulfonamides is 1. The van der Waals surface area contributed by atoms with Crippen molar-refractivity contribution in [1.29, 1.82) is 0 Å². The Bertz CT molecular complexity index is 1330. The Hall–Kier alpha value is -2.85. The van der Waals surface area contributed by atoms with E-state index < -0.39 is 22.0 Å². The van der Waals surface area contributed by atoms with Gasteiger partial charge in [0.05, 0.1) is 11.7 Å². The van der Waals surface area contributed by atoms with E-state index in [1.165, 1.54) is 6.07 Å². The number of amides is 1. The van der Waals surface area contributed by atoms with E-state index in [0.717, 1.165) is 17.3 Å². The second-order valence-electron chi connectivity index (χ2n) is 7.02. The van der Waals surface area contributed by atoms with E-state index >= 15 is 0 Å². The van der Waals surface area contributed by atoms with Gasteiger partial charge >= 0.3 is 0 Å². The third kappa shape index (κ3) is 5.13. The zero-order valence-electron chi connectivity index (χ0n) is 16.7. The Morgan fingerprint density at radius 1 is 0.969 bits per heavy atom. The molecule has 0 aliphatic carbocycles. The average molecular weight is 487 g/mol. The number of hydrogen-bond acceptors (Lipinski definition) is 6. The van der Waals surface area contributed by atoms with Gasteiger partial charge < -0.3 is 5.32 Å². The quantitative estimate of drug-likeness (QED) is 0.395. The summed E-state index contributed by atoms with van der Waals surface area (Å²) in [5, 5.41) is 3.47. The minimum absolute atomic E-state index is 0.0151. The van der Waals surface area contributed by atoms with Crippen molar-refractivity contribution in [1.82, 2.24) is 18.8 Å². The molecule has 0 saturated carbocycles. The van der Waals surface area contributed by atoms with E-state index in [9.17, 15) is 13.2 Å². The summed E-state index contributed by atoms with van der Waals surface area (Å²) in [6.07, 6.45) is 0.584. The van der Waals surface area contributed by atoms with E-state index in [1.807, 2.05) is 12.1 Å². The van der Waals surface area contributed by atoms with E-state index in [4.69, 9.17) is 11.6 Å². The summed E-state index contributed by atoms with van der Waals surface area (Å²) in [6, 6.07) is 19.7. The first kappa shape index (κ1) is 22.3. The molecule has 1 amide bonds. The molecule has 0 aliphatic heterocycles. The van der Waals surface area contributed by atoms with Crippen molar-refractivity contribution in [2.45, 2.75) is 17.4 Å². The number of carbonyl (C=O) groups is 1. The molecule has 32 heavy (non-hydrogen) atoms. The molecule has 1 atom stereocenters. The summed E-state index contributed by atoms with van der Waals surface area (Å²) in [4.78, 5) is 13.0. The normalized spacial score (nSPS) is 12.5. The lowest BCUT2D eigenvalue weighted by atomic mass is 10.1. The number of carbonyl (C=O) groups excluding carboxylic acids is 1. The van der Waals surface area contributed by atoms with E-state index in [1.54, 1.807) is 54.6 Å². The molecule has 2 N–H and O–H groups in total. The third-order valence-electron chi connectivity index (χ3n) is 4.83. The lowest BCUT2D eigenvalue weighted by molar-refractivity contribution is -0.122. The van der Waals surface area contributed by atoms with Crippen molar-refractivity contribution in [3.8, 4) is 0 Å². The van der Waals surface area contributed by atoms with Crippen LogP contribution < -0.4 is 10.0 Å². The first-order valence-corrected chi connectivity index (χ1v) is 12.3. The van der Waals surface area contributed by atoms with E-state index in [0.29, 0.717) is 29.1 Å². The number of nitrogens with zero attached hydrogens (tertiary/aromatic N) is 2. The highest BCUT2D eigenvalue weighted by Gasteiger charge is 2.29. The molecule has 0 radical (unpaired) electrons. The third-order valence-corrected chi connectivity index (χ3v) is 7.08. The number of fused-ring (bicyclic) bond motifs is 1. The van der Waals surface area contributed by atoms with Gasteiger partial charge in [-0.2, -0.15) is 13.5 Å². The predicted molar refractivity (Wildman–Crippen MR) is 125 cm³/mol. The molecule has 4 aromatic rings. The van der Waals surface area contributed by atoms with Crippen LogP contribution in [-0.2, 0) is 21.2 Å². The number of aromatic nitrogens is 2. The molecule has 0 spiro atoms. The van der Waals surface area contributed by atoms with Crippen LogP contribution in [0.25, 0.3) is 11.0 Å². The maximum Gasteiger partial charge on any atom is 0.243 e. The van der Waals surface area contributed by atoms with Crippen molar-refractivity contribution in [3.05, 3.63) is 88.9 Å². The highest BCUT2D eigenvalue weighted by Crippen LogP contribution is 2.23. The summed E-state index contributed by atoms with van der Waals surface area (Å²) >= 11 is 6.84. The van der Waals surface area contributed by atoms with Crippen molar-refractivity contribution in [3.63, 3.8) is 0 Å². The maximum absolute atomic E-state index is 13.2. The average Bonchev–Trinajstić information content (AvgIpc) is 3.28. The topological polar surface area (TPSA) is 101 Å². The van der Waals surface area contributed by atoms with Crippen LogP contribution in [0.1, 0.15) is 17.2 Å². The first-order chi connectivity index (χ1) is 15.4. The van der Waals surface area contributed by atoms with Crippen molar-refractivity contribution in [2.75, 3.05) is 6.54 Å². The fourth-order valence-electron chi connectivity index (χ4n) is 3.22. The standard InChI is InChI=1S/C22H19ClN4O3S2/c23-17-11-9-15(10-12-17)13-14-24-22(28)20(16-5-2-1-3-6-16)27-32(29,30)19-8-4-7-18-21(19)26-31-25-18/h1-12,20,27H,13-14H2,(H,24,28)/t20-/m0/s1. The first-order valence-electron chi connectivity index (χ1n) is 9.75. The van der Waals surface area contributed by atoms with Crippen molar-refractivity contribution >= 4 is 50.3 Å². The lowest BCUT2D eigenvalue weighted by Crippen LogP contribution is -2.41. The molecule has 10 heteroatoms. The Morgan fingerprint density at radius 3 is 2.47 bits per heavy atom. The van der Waals surface area contributed by atoms with Crippen LogP contribution in [0, 0.1) is 0 Å². The van der Waals surface area contributed by atoms with Crippen LogP contribution in [0.2, 0.25) is 5.02 Å². The molecule has 0 aliphatic rings. The number of halogens is 1. The van der Waals surface area contributed by atoms with Crippen molar-refractivity contribution < 1.29 is 13.2 Å². The summed E-state index contributed by atoms with van der Waals surface area (Å²) in [5.74, 6) is -0.447. The number of hydrogen-bond donors (Lipinski definition) is 2. The molecule has 4 rings (SSSR count). The van der Waals surface area contributed by atoms with Crippen LogP contribution in [0.15, 0.2) is 77.7 Å². The molecule has 1 heterocycles. The van der Waals surface area contributed by atoms with Gasteiger partial charge in [-0.25, -0.2) is 8.42 Å². The number of benzene rings is 3. The zero-order valence-corrected chi connectivity index (χ0v) is 19.1. The van der Waals surface area contributed by atoms with Gasteiger partial charge in [0, 0.05) is 11.6 Å². The fourth-order valence-corrected chi connectivity index (χ4v) is 5.29. The molecular formula is C22H19ClN4O3S2. The van der Waals surface area contributed by atoms with Gasteiger partial charge in [0.1, 0.15) is 22.0 Å². The van der Waals surface area contributed by atoms with E-state index in [-0.39, 0.29) is 10.4 Å². The Balaban J connectivity index is 1.55. The van der Waals surface area contributed by atoms with Gasteiger partial charge in [-0.05, 0) is 41.8 Å². The maximum atomic E-state index is 13.2. The molecule has 0 unspecified atom stereocenters. The molecular weight excluding hydrogens is 468 g/mol. The second kappa shape index (κ2) is 9.74. The fraction of sp³-hybridized carbons (Fsp3) is 0.136. The molecule has 1 aromatic heterocycles. The van der Waals surface area contributed by atoms with Gasteiger partial charge in [-0.3, -0.25) is 4.79 Å². The number of nitrogens with one attached hydrogen (secondary N) is 2. The second-order valence-corrected chi connectivity index (χ2v) is 9.67. The monoisotopic (exact) mass is 486 g/mol. The highest BCUT2D eigenvalue weighted by atomic mass is 35.5. The van der Waals surface area contributed by atoms with Gasteiger partial charge in [-0.1, -0.05) is 60.1 Å². The smallest absolute Gasteiger partial charge is 0.243 e. The van der Waals surface area contributed by atoms with Gasteiger partial charge in [0.2, 0.25) is 15.9 Å². The summed E-state index contributed by atoms with van der Waals surface area (Å²) in [6.45, 7) is 0.344. The number of rotatable bonds is 8. The van der Waals surface area contributed by atoms with Crippen LogP contribution in [0.5, 0.6) is 0 Å². The minimum Gasteiger partial charge on any atom is -0.354 e. The Labute approximate surface area is 194 Å². The molecule has 7 nitrogen and oxygen atoms in total. The predicted octanol–water partition coefficient (Wildman–Crippen LogP) is 3.72. The summed E-state index contributed by atoms with van der Waals surface area (Å²) in [5.41, 5.74) is 2.31. The van der Waals surface area contributed by atoms with Gasteiger partial charge in [0.15, 0.2) is 0 Å². The highest BCUT2D eigenvalue weighted by molar-refractivity contribution is 7.89. The van der Waals surface area contributed by atoms with Gasteiger partial charge in [-0.15, -0.1) is 0 Å². The van der Waals surface area contributed by atoms with Crippen LogP contribution in [-0.4, -0.2) is 29.6 Å². The van der Waals surface area contributed by atoms with Crippen LogP contribution >= 0.6 is 23.3 Å². The SMILES string of the molecule is O=C(NCCc1ccc(Cl)cc1)[C@@H](NS(=O)(=O)c1cccc2nsnc12)c1ccccc1. The van der Waals surface area contributed by atoms with Crippen LogP contribution in [0.4, 0.5) is 0 Å². The Kier molecular flexibility index (Phi) is 6.80. The van der Waals surface area contributed by atoms with Crippen molar-refractivity contribution in [2.24, 2.45) is 0 Å². The molecule has 0 saturated heterocycles. The Morgan fingerprint density at radius 2 is 1.72 bits per heavy atom. The molecule has 164 valence electrons. The largest absolute Gasteiger partial charge is 0.354 e. The zero-order chi connectivity index (χ0) is 22.6. The summed E-state index contributed by atoms with van der Waals surface area (Å²) < 4.78 is 37.1. The molecule has 3 aromatic carbocycles. The minimum atomic E-state index is -4.05. The molecule has 0 fully saturated rings. The summed E-state index contributed by atoms with van der Waals surface area (Å²) in [7, 11) is -4.05. The van der Waals surface area contributed by atoms with Crippen LogP contribution in [0.3, 0.4) is 0 Å². The lowest BCUT2D eigenvalue weighted by Gasteiger charge is -2.19. The van der Waals surface area contributed by atoms with E-state index in [2.05, 4.69) is 18.8 Å². The molecule has 0 bridgehead atoms. The van der Waals surface area contributed by atoms with Gasteiger partial charge in [0.25, 0.3) is 0 Å².